The molecule has 0 atom stereocenters. The van der Waals surface area contributed by atoms with E-state index >= 15 is 0 Å². The Balaban J connectivity index is 1.50. The molecule has 0 aliphatic heterocycles. The lowest BCUT2D eigenvalue weighted by molar-refractivity contribution is -0.137. The summed E-state index contributed by atoms with van der Waals surface area (Å²) >= 11 is 0. The van der Waals surface area contributed by atoms with Crippen LogP contribution in [-0.2, 0) is 17.4 Å². The second-order valence-corrected chi connectivity index (χ2v) is 8.04. The number of hydrogen-bond acceptors (Lipinski definition) is 4. The van der Waals surface area contributed by atoms with Crippen LogP contribution in [0.15, 0.2) is 91.1 Å². The molecule has 1 heterocycles. The minimum Gasteiger partial charge on any atom is -0.496 e. The zero-order valence-electron chi connectivity index (χ0n) is 19.7. The van der Waals surface area contributed by atoms with E-state index in [0.717, 1.165) is 12.1 Å². The summed E-state index contributed by atoms with van der Waals surface area (Å²) in [6.45, 7) is 0. The number of methoxy groups -OCH3 is 1. The molecule has 0 fully saturated rings. The Morgan fingerprint density at radius 1 is 0.838 bits per heavy atom. The Morgan fingerprint density at radius 3 is 2.11 bits per heavy atom. The molecule has 0 aliphatic carbocycles. The van der Waals surface area contributed by atoms with Gasteiger partial charge < -0.3 is 15.4 Å². The maximum atomic E-state index is 13.1. The first-order valence-corrected chi connectivity index (χ1v) is 11.2. The smallest absolute Gasteiger partial charge is 0.416 e. The summed E-state index contributed by atoms with van der Waals surface area (Å²) in [6.07, 6.45) is -2.73. The van der Waals surface area contributed by atoms with Crippen LogP contribution in [0, 0.1) is 0 Å². The molecule has 37 heavy (non-hydrogen) atoms. The molecule has 2 amide bonds. The number of rotatable bonds is 7. The van der Waals surface area contributed by atoms with Gasteiger partial charge in [-0.05, 0) is 66.2 Å². The van der Waals surface area contributed by atoms with Gasteiger partial charge in [0.2, 0.25) is 5.91 Å². The number of anilines is 2. The van der Waals surface area contributed by atoms with Crippen LogP contribution >= 0.6 is 0 Å². The quantitative estimate of drug-likeness (QED) is 0.313. The van der Waals surface area contributed by atoms with Crippen molar-refractivity contribution < 1.29 is 27.5 Å². The van der Waals surface area contributed by atoms with Gasteiger partial charge in [-0.1, -0.05) is 24.3 Å². The third-order valence-electron chi connectivity index (χ3n) is 5.49. The minimum absolute atomic E-state index is 0.127. The van der Waals surface area contributed by atoms with E-state index in [2.05, 4.69) is 15.6 Å². The minimum atomic E-state index is -4.47. The molecule has 3 aromatic carbocycles. The largest absolute Gasteiger partial charge is 0.496 e. The zero-order chi connectivity index (χ0) is 26.4. The molecule has 6 nitrogen and oxygen atoms in total. The van der Waals surface area contributed by atoms with Gasteiger partial charge in [-0.2, -0.15) is 13.2 Å². The number of alkyl halides is 3. The molecule has 4 rings (SSSR count). The SMILES string of the molecule is COc1cccc(C(=O)Nc2ccc(NC(=O)Cc3ccccn3)cc2)c1-c1ccc(C(F)(F)F)cc1. The van der Waals surface area contributed by atoms with E-state index in [0.29, 0.717) is 33.9 Å². The van der Waals surface area contributed by atoms with Crippen LogP contribution in [0.1, 0.15) is 21.6 Å². The number of pyridine rings is 1. The molecule has 0 radical (unpaired) electrons. The van der Waals surface area contributed by atoms with E-state index in [1.165, 1.54) is 19.2 Å². The highest BCUT2D eigenvalue weighted by atomic mass is 19.4. The van der Waals surface area contributed by atoms with E-state index in [4.69, 9.17) is 4.74 Å². The average Bonchev–Trinajstić information content (AvgIpc) is 2.89. The third kappa shape index (κ3) is 6.32. The number of nitrogens with zero attached hydrogens (tertiary/aromatic N) is 1. The van der Waals surface area contributed by atoms with Crippen LogP contribution in [0.3, 0.4) is 0 Å². The van der Waals surface area contributed by atoms with Crippen molar-refractivity contribution in [1.29, 1.82) is 0 Å². The molecule has 0 saturated carbocycles. The second-order valence-electron chi connectivity index (χ2n) is 8.04. The normalized spacial score (nSPS) is 11.0. The molecule has 0 unspecified atom stereocenters. The van der Waals surface area contributed by atoms with Gasteiger partial charge in [-0.15, -0.1) is 0 Å². The van der Waals surface area contributed by atoms with Crippen LogP contribution in [0.5, 0.6) is 5.75 Å². The van der Waals surface area contributed by atoms with Crippen LogP contribution in [-0.4, -0.2) is 23.9 Å². The van der Waals surface area contributed by atoms with E-state index in [9.17, 15) is 22.8 Å². The summed E-state index contributed by atoms with van der Waals surface area (Å²) in [5.41, 5.74) is 1.87. The van der Waals surface area contributed by atoms with Gasteiger partial charge in [-0.3, -0.25) is 14.6 Å². The highest BCUT2D eigenvalue weighted by Gasteiger charge is 2.30. The summed E-state index contributed by atoms with van der Waals surface area (Å²) < 4.78 is 44.4. The Hall–Kier alpha value is -4.66. The molecule has 0 saturated heterocycles. The zero-order valence-corrected chi connectivity index (χ0v) is 19.7. The summed E-state index contributed by atoms with van der Waals surface area (Å²) in [7, 11) is 1.42. The van der Waals surface area contributed by atoms with Crippen molar-refractivity contribution in [3.8, 4) is 16.9 Å². The fraction of sp³-hybridized carbons (Fsp3) is 0.107. The van der Waals surface area contributed by atoms with Gasteiger partial charge in [0.15, 0.2) is 0 Å². The van der Waals surface area contributed by atoms with Gasteiger partial charge in [0, 0.05) is 28.8 Å². The van der Waals surface area contributed by atoms with Crippen LogP contribution in [0.25, 0.3) is 11.1 Å². The first kappa shape index (κ1) is 25.4. The molecule has 1 aromatic heterocycles. The summed E-state index contributed by atoms with van der Waals surface area (Å²) in [4.78, 5) is 29.5. The van der Waals surface area contributed by atoms with Crippen LogP contribution in [0.4, 0.5) is 24.5 Å². The lowest BCUT2D eigenvalue weighted by Gasteiger charge is -2.15. The fourth-order valence-corrected chi connectivity index (χ4v) is 3.72. The predicted molar refractivity (Wildman–Crippen MR) is 134 cm³/mol. The second kappa shape index (κ2) is 10.9. The number of aromatic nitrogens is 1. The number of halogens is 3. The lowest BCUT2D eigenvalue weighted by atomic mass is 9.96. The molecule has 4 aromatic rings. The molecule has 9 heteroatoms. The number of carbonyl (C=O) groups is 2. The standard InChI is InChI=1S/C28H22F3N3O3/c1-37-24-7-4-6-23(26(24)18-8-10-19(11-9-18)28(29,30)31)27(36)34-21-14-12-20(13-15-21)33-25(35)17-22-5-2-3-16-32-22/h2-16H,17H2,1H3,(H,33,35)(H,34,36). The number of amides is 2. The maximum absolute atomic E-state index is 13.1. The van der Waals surface area contributed by atoms with Crippen LogP contribution in [0.2, 0.25) is 0 Å². The van der Waals surface area contributed by atoms with Crippen LogP contribution < -0.4 is 15.4 Å². The topological polar surface area (TPSA) is 80.3 Å². The van der Waals surface area contributed by atoms with E-state index < -0.39 is 17.6 Å². The highest BCUT2D eigenvalue weighted by Crippen LogP contribution is 2.36. The maximum Gasteiger partial charge on any atom is 0.416 e. The van der Waals surface area contributed by atoms with Gasteiger partial charge >= 0.3 is 6.18 Å². The molecule has 0 bridgehead atoms. The molecule has 0 aliphatic rings. The number of carbonyl (C=O) groups excluding carboxylic acids is 2. The molecular weight excluding hydrogens is 483 g/mol. The molecular formula is C28H22F3N3O3. The first-order valence-electron chi connectivity index (χ1n) is 11.2. The summed E-state index contributed by atoms with van der Waals surface area (Å²) in [5.74, 6) is -0.354. The Morgan fingerprint density at radius 2 is 1.51 bits per heavy atom. The summed E-state index contributed by atoms with van der Waals surface area (Å²) in [5, 5.41) is 5.55. The van der Waals surface area contributed by atoms with Crippen molar-refractivity contribution in [2.45, 2.75) is 12.6 Å². The van der Waals surface area contributed by atoms with Crippen molar-refractivity contribution in [2.75, 3.05) is 17.7 Å². The van der Waals surface area contributed by atoms with Gasteiger partial charge in [-0.25, -0.2) is 0 Å². The molecule has 2 N–H and O–H groups in total. The van der Waals surface area contributed by atoms with Gasteiger partial charge in [0.05, 0.1) is 24.7 Å². The fourth-order valence-electron chi connectivity index (χ4n) is 3.72. The molecule has 188 valence electrons. The Kier molecular flexibility index (Phi) is 7.52. The van der Waals surface area contributed by atoms with Crippen molar-refractivity contribution in [3.05, 3.63) is 108 Å². The van der Waals surface area contributed by atoms with E-state index in [-0.39, 0.29) is 17.9 Å². The predicted octanol–water partition coefficient (Wildman–Crippen LogP) is 6.21. The number of ether oxygens (including phenoxy) is 1. The first-order chi connectivity index (χ1) is 17.7. The van der Waals surface area contributed by atoms with Crippen molar-refractivity contribution >= 4 is 23.2 Å². The van der Waals surface area contributed by atoms with E-state index in [1.54, 1.807) is 66.9 Å². The monoisotopic (exact) mass is 505 g/mol. The number of benzene rings is 3. The molecule has 0 spiro atoms. The van der Waals surface area contributed by atoms with Gasteiger partial charge in [0.1, 0.15) is 5.75 Å². The Labute approximate surface area is 211 Å². The van der Waals surface area contributed by atoms with Gasteiger partial charge in [0.25, 0.3) is 5.91 Å². The number of nitrogens with one attached hydrogen (secondary N) is 2. The average molecular weight is 505 g/mol. The highest BCUT2D eigenvalue weighted by molar-refractivity contribution is 6.09. The summed E-state index contributed by atoms with van der Waals surface area (Å²) in [6, 6.07) is 21.3. The van der Waals surface area contributed by atoms with Crippen molar-refractivity contribution in [2.24, 2.45) is 0 Å². The van der Waals surface area contributed by atoms with Crippen molar-refractivity contribution in [3.63, 3.8) is 0 Å². The Bertz CT molecular complexity index is 1390. The van der Waals surface area contributed by atoms with Crippen molar-refractivity contribution in [1.82, 2.24) is 4.98 Å². The third-order valence-corrected chi connectivity index (χ3v) is 5.49. The van der Waals surface area contributed by atoms with E-state index in [1.807, 2.05) is 0 Å². The number of hydrogen-bond donors (Lipinski definition) is 2. The lowest BCUT2D eigenvalue weighted by Crippen LogP contribution is -2.15.